The number of hydrogen-bond acceptors (Lipinski definition) is 3. The van der Waals surface area contributed by atoms with Crippen molar-refractivity contribution in [3.63, 3.8) is 0 Å². The Morgan fingerprint density at radius 1 is 1.24 bits per heavy atom. The van der Waals surface area contributed by atoms with Crippen molar-refractivity contribution in [3.8, 4) is 5.75 Å². The van der Waals surface area contributed by atoms with Crippen molar-refractivity contribution < 1.29 is 17.9 Å². The number of ether oxygens (including phenoxy) is 1. The third kappa shape index (κ3) is 5.14. The number of benzene rings is 1. The van der Waals surface area contributed by atoms with Gasteiger partial charge in [-0.15, -0.1) is 0 Å². The summed E-state index contributed by atoms with van der Waals surface area (Å²) in [6.07, 6.45) is 0. The highest BCUT2D eigenvalue weighted by molar-refractivity contribution is 8.00. The Hall–Kier alpha value is -0.460. The summed E-state index contributed by atoms with van der Waals surface area (Å²) < 4.78 is 40.5. The van der Waals surface area contributed by atoms with Crippen LogP contribution in [0.5, 0.6) is 5.75 Å². The van der Waals surface area contributed by atoms with E-state index in [9.17, 15) is 13.2 Å². The van der Waals surface area contributed by atoms with Crippen LogP contribution in [0.2, 0.25) is 10.0 Å². The first-order valence-electron chi connectivity index (χ1n) is 4.37. The van der Waals surface area contributed by atoms with Crippen LogP contribution in [0.3, 0.4) is 0 Å². The maximum absolute atomic E-state index is 11.8. The Kier molecular flexibility index (Phi) is 5.09. The topological polar surface area (TPSA) is 35.2 Å². The summed E-state index contributed by atoms with van der Waals surface area (Å²) in [7, 11) is 0. The first kappa shape index (κ1) is 14.6. The second-order valence-electron chi connectivity index (χ2n) is 2.95. The first-order chi connectivity index (χ1) is 7.79. The van der Waals surface area contributed by atoms with Crippen LogP contribution in [-0.2, 0) is 0 Å². The molecule has 0 aromatic heterocycles. The molecule has 2 nitrogen and oxygen atoms in total. The van der Waals surface area contributed by atoms with Crippen molar-refractivity contribution in [1.82, 2.24) is 0 Å². The summed E-state index contributed by atoms with van der Waals surface area (Å²) >= 11 is 11.2. The van der Waals surface area contributed by atoms with Gasteiger partial charge in [0.05, 0.1) is 22.3 Å². The van der Waals surface area contributed by atoms with Crippen molar-refractivity contribution in [2.75, 3.05) is 18.1 Å². The third-order valence-corrected chi connectivity index (χ3v) is 3.08. The average Bonchev–Trinajstić information content (AvgIpc) is 2.18. The zero-order valence-electron chi connectivity index (χ0n) is 8.35. The molecule has 0 saturated carbocycles. The highest BCUT2D eigenvalue weighted by atomic mass is 35.5. The van der Waals surface area contributed by atoms with Gasteiger partial charge in [0.25, 0.3) is 0 Å². The fraction of sp³-hybridized carbons (Fsp3) is 0.333. The molecular weight excluding hydrogens is 298 g/mol. The largest absolute Gasteiger partial charge is 0.491 e. The normalized spacial score (nSPS) is 11.6. The molecule has 0 aliphatic heterocycles. The molecule has 0 amide bonds. The van der Waals surface area contributed by atoms with Crippen LogP contribution in [-0.4, -0.2) is 17.9 Å². The molecule has 0 atom stereocenters. The lowest BCUT2D eigenvalue weighted by Crippen LogP contribution is -2.08. The van der Waals surface area contributed by atoms with Gasteiger partial charge in [-0.25, -0.2) is 0 Å². The minimum atomic E-state index is -4.26. The third-order valence-electron chi connectivity index (χ3n) is 1.66. The number of nitrogen functional groups attached to an aromatic ring is 1. The molecule has 0 heterocycles. The number of halogens is 5. The van der Waals surface area contributed by atoms with E-state index in [1.807, 2.05) is 0 Å². The van der Waals surface area contributed by atoms with Crippen LogP contribution in [0.15, 0.2) is 12.1 Å². The molecule has 0 saturated heterocycles. The second-order valence-corrected chi connectivity index (χ2v) is 4.92. The molecule has 0 fully saturated rings. The molecule has 0 aliphatic carbocycles. The van der Waals surface area contributed by atoms with E-state index in [1.54, 1.807) is 0 Å². The monoisotopic (exact) mass is 305 g/mol. The molecule has 0 bridgehead atoms. The zero-order valence-corrected chi connectivity index (χ0v) is 10.7. The molecule has 2 N–H and O–H groups in total. The van der Waals surface area contributed by atoms with E-state index in [0.717, 1.165) is 0 Å². The molecule has 0 spiro atoms. The smallest absolute Gasteiger partial charge is 0.441 e. The van der Waals surface area contributed by atoms with Gasteiger partial charge >= 0.3 is 5.51 Å². The van der Waals surface area contributed by atoms with Gasteiger partial charge in [-0.1, -0.05) is 23.2 Å². The van der Waals surface area contributed by atoms with E-state index in [-0.39, 0.29) is 45.6 Å². The first-order valence-corrected chi connectivity index (χ1v) is 6.12. The molecule has 1 aromatic rings. The Morgan fingerprint density at radius 2 is 1.82 bits per heavy atom. The Bertz CT molecular complexity index is 401. The lowest BCUT2D eigenvalue weighted by Gasteiger charge is -2.10. The van der Waals surface area contributed by atoms with Gasteiger partial charge in [0.1, 0.15) is 5.75 Å². The highest BCUT2D eigenvalue weighted by Crippen LogP contribution is 2.33. The van der Waals surface area contributed by atoms with E-state index in [1.165, 1.54) is 12.1 Å². The van der Waals surface area contributed by atoms with Gasteiger partial charge in [-0.3, -0.25) is 0 Å². The van der Waals surface area contributed by atoms with Crippen LogP contribution in [0, 0.1) is 0 Å². The molecule has 1 rings (SSSR count). The van der Waals surface area contributed by atoms with Crippen molar-refractivity contribution in [1.29, 1.82) is 0 Å². The lowest BCUT2D eigenvalue weighted by atomic mass is 10.3. The number of hydrogen-bond donors (Lipinski definition) is 1. The van der Waals surface area contributed by atoms with Gasteiger partial charge in [-0.05, 0) is 17.8 Å². The number of rotatable bonds is 4. The molecule has 17 heavy (non-hydrogen) atoms. The van der Waals surface area contributed by atoms with E-state index in [4.69, 9.17) is 33.7 Å². The predicted molar refractivity (Wildman–Crippen MR) is 64.9 cm³/mol. The van der Waals surface area contributed by atoms with Gasteiger partial charge < -0.3 is 10.5 Å². The van der Waals surface area contributed by atoms with Crippen molar-refractivity contribution in [2.45, 2.75) is 5.51 Å². The van der Waals surface area contributed by atoms with E-state index in [2.05, 4.69) is 0 Å². The summed E-state index contributed by atoms with van der Waals surface area (Å²) in [5.41, 5.74) is 1.54. The second kappa shape index (κ2) is 5.93. The predicted octanol–water partition coefficient (Wildman–Crippen LogP) is 4.21. The maximum Gasteiger partial charge on any atom is 0.441 e. The van der Waals surface area contributed by atoms with Gasteiger partial charge in [0, 0.05) is 11.8 Å². The van der Waals surface area contributed by atoms with Crippen LogP contribution in [0.4, 0.5) is 18.9 Å². The zero-order chi connectivity index (χ0) is 13.1. The van der Waals surface area contributed by atoms with E-state index < -0.39 is 5.51 Å². The molecule has 0 aliphatic rings. The van der Waals surface area contributed by atoms with Crippen LogP contribution >= 0.6 is 35.0 Å². The maximum atomic E-state index is 11.8. The van der Waals surface area contributed by atoms with Crippen molar-refractivity contribution >= 4 is 40.7 Å². The average molecular weight is 306 g/mol. The SMILES string of the molecule is Nc1cc(Cl)c(Cl)cc1OCCSC(F)(F)F. The van der Waals surface area contributed by atoms with Crippen LogP contribution < -0.4 is 10.5 Å². The highest BCUT2D eigenvalue weighted by Gasteiger charge is 2.27. The van der Waals surface area contributed by atoms with Crippen LogP contribution in [0.25, 0.3) is 0 Å². The summed E-state index contributed by atoms with van der Waals surface area (Å²) in [5, 5.41) is 0.500. The number of thioether (sulfide) groups is 1. The Labute approximate surface area is 110 Å². The fourth-order valence-corrected chi connectivity index (χ4v) is 1.70. The molecule has 0 radical (unpaired) electrons. The quantitative estimate of drug-likeness (QED) is 0.668. The lowest BCUT2D eigenvalue weighted by molar-refractivity contribution is -0.0329. The fourth-order valence-electron chi connectivity index (χ4n) is 0.978. The van der Waals surface area contributed by atoms with Gasteiger partial charge in [0.2, 0.25) is 0 Å². The number of nitrogens with two attached hydrogens (primary N) is 1. The summed E-state index contributed by atoms with van der Waals surface area (Å²) in [6.45, 7) is -0.119. The van der Waals surface area contributed by atoms with Gasteiger partial charge in [-0.2, -0.15) is 13.2 Å². The summed E-state index contributed by atoms with van der Waals surface area (Å²) in [6, 6.07) is 2.76. The number of alkyl halides is 3. The Balaban J connectivity index is 2.50. The minimum absolute atomic E-state index is 0.119. The number of anilines is 1. The van der Waals surface area contributed by atoms with Crippen molar-refractivity contribution in [3.05, 3.63) is 22.2 Å². The molecule has 0 unspecified atom stereocenters. The standard InChI is InChI=1S/C9H8Cl2F3NOS/c10-5-3-7(15)8(4-6(5)11)16-1-2-17-9(12,13)14/h3-4H,1-2,15H2. The van der Waals surface area contributed by atoms with E-state index in [0.29, 0.717) is 0 Å². The molecule has 1 aromatic carbocycles. The molecule has 96 valence electrons. The molecule has 8 heteroatoms. The van der Waals surface area contributed by atoms with Crippen molar-refractivity contribution in [2.24, 2.45) is 0 Å². The molecular formula is C9H8Cl2F3NOS. The summed E-state index contributed by atoms with van der Waals surface area (Å²) in [4.78, 5) is 0. The Morgan fingerprint density at radius 3 is 2.41 bits per heavy atom. The van der Waals surface area contributed by atoms with Crippen LogP contribution in [0.1, 0.15) is 0 Å². The van der Waals surface area contributed by atoms with E-state index >= 15 is 0 Å². The minimum Gasteiger partial charge on any atom is -0.491 e. The summed E-state index contributed by atoms with van der Waals surface area (Å²) in [5.74, 6) is 0.00517. The van der Waals surface area contributed by atoms with Gasteiger partial charge in [0.15, 0.2) is 0 Å².